The SMILES string of the molecule is [CH2]CC=Cc1sccc1C. The van der Waals surface area contributed by atoms with Crippen molar-refractivity contribution in [3.63, 3.8) is 0 Å². The Kier molecular flexibility index (Phi) is 2.69. The van der Waals surface area contributed by atoms with Gasteiger partial charge in [-0.15, -0.1) is 11.3 Å². The maximum atomic E-state index is 3.73. The first-order chi connectivity index (χ1) is 4.84. The van der Waals surface area contributed by atoms with Gasteiger partial charge in [-0.05, 0) is 43.4 Å². The molecule has 0 aliphatic heterocycles. The molecule has 0 saturated heterocycles. The molecule has 0 aromatic carbocycles. The maximum absolute atomic E-state index is 3.73. The van der Waals surface area contributed by atoms with E-state index >= 15 is 0 Å². The Balaban J connectivity index is 2.74. The Labute approximate surface area is 66.2 Å². The highest BCUT2D eigenvalue weighted by Gasteiger charge is 1.91. The lowest BCUT2D eigenvalue weighted by molar-refractivity contribution is 1.41. The monoisotopic (exact) mass is 151 g/mol. The minimum Gasteiger partial charge on any atom is -0.144 e. The lowest BCUT2D eigenvalue weighted by atomic mass is 10.2. The molecule has 0 fully saturated rings. The van der Waals surface area contributed by atoms with Crippen molar-refractivity contribution < 1.29 is 0 Å². The average molecular weight is 151 g/mol. The van der Waals surface area contributed by atoms with Crippen LogP contribution in [-0.2, 0) is 0 Å². The van der Waals surface area contributed by atoms with Gasteiger partial charge in [-0.25, -0.2) is 0 Å². The molecule has 1 radical (unpaired) electrons. The fourth-order valence-corrected chi connectivity index (χ4v) is 1.59. The molecule has 1 aromatic rings. The number of aryl methyl sites for hydroxylation is 1. The van der Waals surface area contributed by atoms with Gasteiger partial charge in [0.1, 0.15) is 0 Å². The molecule has 1 rings (SSSR count). The van der Waals surface area contributed by atoms with Crippen LogP contribution in [0, 0.1) is 13.8 Å². The largest absolute Gasteiger partial charge is 0.144 e. The standard InChI is InChI=1S/C9H11S/c1-3-4-5-9-8(2)6-7-10-9/h4-7H,1,3H2,2H3. The zero-order valence-electron chi connectivity index (χ0n) is 6.13. The van der Waals surface area contributed by atoms with Gasteiger partial charge in [0.05, 0.1) is 0 Å². The van der Waals surface area contributed by atoms with Gasteiger partial charge in [0.2, 0.25) is 0 Å². The van der Waals surface area contributed by atoms with Gasteiger partial charge in [0, 0.05) is 4.88 Å². The molecule has 0 spiro atoms. The van der Waals surface area contributed by atoms with Gasteiger partial charge in [0.25, 0.3) is 0 Å². The third-order valence-corrected chi connectivity index (χ3v) is 2.32. The van der Waals surface area contributed by atoms with E-state index in [2.05, 4.69) is 37.4 Å². The van der Waals surface area contributed by atoms with Gasteiger partial charge >= 0.3 is 0 Å². The second-order valence-electron chi connectivity index (χ2n) is 2.16. The van der Waals surface area contributed by atoms with Gasteiger partial charge < -0.3 is 0 Å². The number of hydrogen-bond acceptors (Lipinski definition) is 1. The van der Waals surface area contributed by atoms with Crippen LogP contribution < -0.4 is 0 Å². The van der Waals surface area contributed by atoms with Crippen molar-refractivity contribution in [3.8, 4) is 0 Å². The number of rotatable bonds is 2. The van der Waals surface area contributed by atoms with Crippen molar-refractivity contribution in [2.24, 2.45) is 0 Å². The smallest absolute Gasteiger partial charge is 0.0296 e. The molecule has 10 heavy (non-hydrogen) atoms. The predicted octanol–water partition coefficient (Wildman–Crippen LogP) is 3.29. The number of allylic oxidation sites excluding steroid dienone is 1. The van der Waals surface area contributed by atoms with Gasteiger partial charge in [-0.2, -0.15) is 0 Å². The summed E-state index contributed by atoms with van der Waals surface area (Å²) in [7, 11) is 0. The molecule has 1 heteroatoms. The predicted molar refractivity (Wildman–Crippen MR) is 48.1 cm³/mol. The summed E-state index contributed by atoms with van der Waals surface area (Å²) in [6.07, 6.45) is 5.09. The fraction of sp³-hybridized carbons (Fsp3) is 0.222. The summed E-state index contributed by atoms with van der Waals surface area (Å²) < 4.78 is 0. The highest BCUT2D eigenvalue weighted by atomic mass is 32.1. The van der Waals surface area contributed by atoms with Crippen molar-refractivity contribution >= 4 is 17.4 Å². The number of hydrogen-bond donors (Lipinski definition) is 0. The highest BCUT2D eigenvalue weighted by Crippen LogP contribution is 2.16. The van der Waals surface area contributed by atoms with Crippen molar-refractivity contribution in [2.75, 3.05) is 0 Å². The lowest BCUT2D eigenvalue weighted by Gasteiger charge is -1.86. The van der Waals surface area contributed by atoms with E-state index in [1.807, 2.05) is 0 Å². The lowest BCUT2D eigenvalue weighted by Crippen LogP contribution is -1.65. The Morgan fingerprint density at radius 2 is 2.50 bits per heavy atom. The molecular formula is C9H11S. The second-order valence-corrected chi connectivity index (χ2v) is 3.11. The molecular weight excluding hydrogens is 140 g/mol. The summed E-state index contributed by atoms with van der Waals surface area (Å²) in [5.41, 5.74) is 1.36. The second kappa shape index (κ2) is 3.57. The molecule has 0 saturated carbocycles. The van der Waals surface area contributed by atoms with E-state index in [0.29, 0.717) is 0 Å². The Hall–Kier alpha value is -0.560. The van der Waals surface area contributed by atoms with E-state index in [9.17, 15) is 0 Å². The topological polar surface area (TPSA) is 0 Å². The van der Waals surface area contributed by atoms with E-state index in [-0.39, 0.29) is 0 Å². The van der Waals surface area contributed by atoms with Crippen molar-refractivity contribution in [3.05, 3.63) is 34.9 Å². The molecule has 0 aliphatic rings. The molecule has 0 atom stereocenters. The third kappa shape index (κ3) is 1.71. The van der Waals surface area contributed by atoms with E-state index in [4.69, 9.17) is 0 Å². The summed E-state index contributed by atoms with van der Waals surface area (Å²) in [5, 5.41) is 2.11. The normalized spacial score (nSPS) is 11.0. The minimum absolute atomic E-state index is 0.872. The van der Waals surface area contributed by atoms with E-state index in [1.165, 1.54) is 10.4 Å². The number of thiophene rings is 1. The summed E-state index contributed by atoms with van der Waals surface area (Å²) in [4.78, 5) is 1.35. The molecule has 1 heterocycles. The molecule has 0 bridgehead atoms. The minimum atomic E-state index is 0.872. The molecule has 0 nitrogen and oxygen atoms in total. The van der Waals surface area contributed by atoms with Crippen LogP contribution in [0.2, 0.25) is 0 Å². The van der Waals surface area contributed by atoms with Crippen LogP contribution in [0.25, 0.3) is 6.08 Å². The van der Waals surface area contributed by atoms with Crippen LogP contribution in [-0.4, -0.2) is 0 Å². The van der Waals surface area contributed by atoms with Crippen LogP contribution in [0.3, 0.4) is 0 Å². The van der Waals surface area contributed by atoms with E-state index in [1.54, 1.807) is 11.3 Å². The van der Waals surface area contributed by atoms with Gasteiger partial charge in [-0.1, -0.05) is 6.08 Å². The molecule has 1 aromatic heterocycles. The molecule has 0 unspecified atom stereocenters. The van der Waals surface area contributed by atoms with Crippen molar-refractivity contribution in [1.82, 2.24) is 0 Å². The molecule has 53 valence electrons. The van der Waals surface area contributed by atoms with Crippen LogP contribution >= 0.6 is 11.3 Å². The summed E-state index contributed by atoms with van der Waals surface area (Å²) in [6.45, 7) is 5.86. The summed E-state index contributed by atoms with van der Waals surface area (Å²) in [6, 6.07) is 2.13. The molecule has 0 aliphatic carbocycles. The molecule has 0 N–H and O–H groups in total. The van der Waals surface area contributed by atoms with Crippen LogP contribution in [0.4, 0.5) is 0 Å². The zero-order valence-corrected chi connectivity index (χ0v) is 6.95. The zero-order chi connectivity index (χ0) is 7.40. The van der Waals surface area contributed by atoms with Crippen molar-refractivity contribution in [2.45, 2.75) is 13.3 Å². The first-order valence-corrected chi connectivity index (χ1v) is 4.22. The van der Waals surface area contributed by atoms with E-state index in [0.717, 1.165) is 6.42 Å². The Bertz CT molecular complexity index is 220. The van der Waals surface area contributed by atoms with Crippen LogP contribution in [0.5, 0.6) is 0 Å². The summed E-state index contributed by atoms with van der Waals surface area (Å²) in [5.74, 6) is 0. The van der Waals surface area contributed by atoms with E-state index < -0.39 is 0 Å². The van der Waals surface area contributed by atoms with Gasteiger partial charge in [0.15, 0.2) is 0 Å². The first-order valence-electron chi connectivity index (χ1n) is 3.34. The summed E-state index contributed by atoms with van der Waals surface area (Å²) >= 11 is 1.77. The highest BCUT2D eigenvalue weighted by molar-refractivity contribution is 7.11. The molecule has 0 amide bonds. The Morgan fingerprint density at radius 1 is 1.70 bits per heavy atom. The first kappa shape index (κ1) is 7.55. The van der Waals surface area contributed by atoms with Crippen molar-refractivity contribution in [1.29, 1.82) is 0 Å². The maximum Gasteiger partial charge on any atom is 0.0296 e. The average Bonchev–Trinajstić information content (AvgIpc) is 2.31. The van der Waals surface area contributed by atoms with Gasteiger partial charge in [-0.3, -0.25) is 0 Å². The third-order valence-electron chi connectivity index (χ3n) is 1.34. The fourth-order valence-electron chi connectivity index (χ4n) is 0.746. The van der Waals surface area contributed by atoms with Crippen LogP contribution in [0.15, 0.2) is 17.5 Å². The quantitative estimate of drug-likeness (QED) is 0.608. The van der Waals surface area contributed by atoms with Crippen LogP contribution in [0.1, 0.15) is 16.9 Å². The Morgan fingerprint density at radius 3 is 3.00 bits per heavy atom.